The van der Waals surface area contributed by atoms with Gasteiger partial charge in [0.25, 0.3) is 0 Å². The van der Waals surface area contributed by atoms with Gasteiger partial charge in [0, 0.05) is 19.2 Å². The average Bonchev–Trinajstić information content (AvgIpc) is 2.58. The summed E-state index contributed by atoms with van der Waals surface area (Å²) in [6.07, 6.45) is 5.90. The Bertz CT molecular complexity index is 204. The molecule has 0 saturated carbocycles. The van der Waals surface area contributed by atoms with E-state index < -0.39 is 0 Å². The minimum absolute atomic E-state index is 0.494. The first-order valence-corrected chi connectivity index (χ1v) is 5.94. The molecule has 0 bridgehead atoms. The third kappa shape index (κ3) is 1.70. The van der Waals surface area contributed by atoms with Crippen molar-refractivity contribution in [2.75, 3.05) is 20.2 Å². The normalized spacial score (nSPS) is 38.1. The minimum Gasteiger partial charge on any atom is -0.380 e. The molecule has 2 saturated heterocycles. The topological polar surface area (TPSA) is 12.5 Å². The van der Waals surface area contributed by atoms with Crippen LogP contribution in [0.5, 0.6) is 0 Å². The van der Waals surface area contributed by atoms with Crippen LogP contribution in [-0.2, 0) is 4.74 Å². The van der Waals surface area contributed by atoms with E-state index in [1.807, 2.05) is 7.11 Å². The van der Waals surface area contributed by atoms with Crippen LogP contribution in [0.2, 0.25) is 0 Å². The third-order valence-corrected chi connectivity index (χ3v) is 3.89. The molecular formula is C12H23NO. The monoisotopic (exact) mass is 197 g/mol. The van der Waals surface area contributed by atoms with Gasteiger partial charge < -0.3 is 4.74 Å². The van der Waals surface area contributed by atoms with E-state index in [1.54, 1.807) is 0 Å². The fourth-order valence-corrected chi connectivity index (χ4v) is 3.48. The Hall–Kier alpha value is -0.0800. The van der Waals surface area contributed by atoms with Crippen molar-refractivity contribution in [2.45, 2.75) is 51.2 Å². The predicted molar refractivity (Wildman–Crippen MR) is 58.4 cm³/mol. The Balaban J connectivity index is 2.06. The lowest BCUT2D eigenvalue weighted by atomic mass is 9.85. The maximum atomic E-state index is 5.51. The van der Waals surface area contributed by atoms with E-state index in [2.05, 4.69) is 18.7 Å². The zero-order valence-electron chi connectivity index (χ0n) is 9.75. The van der Waals surface area contributed by atoms with Crippen LogP contribution in [0.25, 0.3) is 0 Å². The minimum atomic E-state index is 0.494. The summed E-state index contributed by atoms with van der Waals surface area (Å²) >= 11 is 0. The van der Waals surface area contributed by atoms with Crippen LogP contribution < -0.4 is 0 Å². The number of hydrogen-bond acceptors (Lipinski definition) is 2. The fourth-order valence-electron chi connectivity index (χ4n) is 3.48. The Morgan fingerprint density at radius 1 is 1.50 bits per heavy atom. The molecule has 0 N–H and O–H groups in total. The molecule has 2 heteroatoms. The summed E-state index contributed by atoms with van der Waals surface area (Å²) in [5.41, 5.74) is 0.509. The number of nitrogens with zero attached hydrogens (tertiary/aromatic N) is 1. The molecule has 0 aromatic rings. The summed E-state index contributed by atoms with van der Waals surface area (Å²) in [5, 5.41) is 0. The van der Waals surface area contributed by atoms with Crippen molar-refractivity contribution in [1.29, 1.82) is 0 Å². The highest BCUT2D eigenvalue weighted by atomic mass is 16.5. The summed E-state index contributed by atoms with van der Waals surface area (Å²) in [6.45, 7) is 7.15. The van der Waals surface area contributed by atoms with Crippen LogP contribution >= 0.6 is 0 Å². The molecule has 0 aromatic heterocycles. The third-order valence-electron chi connectivity index (χ3n) is 3.89. The molecule has 2 aliphatic heterocycles. The molecule has 2 rings (SSSR count). The van der Waals surface area contributed by atoms with Crippen molar-refractivity contribution in [3.8, 4) is 0 Å². The van der Waals surface area contributed by atoms with Gasteiger partial charge in [-0.2, -0.15) is 0 Å². The molecule has 2 nitrogen and oxygen atoms in total. The highest BCUT2D eigenvalue weighted by molar-refractivity contribution is 5.03. The number of hydrogen-bond donors (Lipinski definition) is 0. The first-order chi connectivity index (χ1) is 6.66. The summed E-state index contributed by atoms with van der Waals surface area (Å²) in [7, 11) is 1.86. The lowest BCUT2D eigenvalue weighted by molar-refractivity contribution is 0.107. The second kappa shape index (κ2) is 3.82. The maximum absolute atomic E-state index is 5.51. The first-order valence-electron chi connectivity index (χ1n) is 5.94. The standard InChI is InChI=1S/C12H23NO/c1-10(2)7-12-5-4-6-13(12)9-11(8-12)14-3/h10-11H,4-9H2,1-3H3/t11-,12-/m1/s1. The smallest absolute Gasteiger partial charge is 0.0716 e. The van der Waals surface area contributed by atoms with Gasteiger partial charge in [0.1, 0.15) is 0 Å². The molecule has 2 aliphatic rings. The largest absolute Gasteiger partial charge is 0.380 e. The molecular weight excluding hydrogens is 174 g/mol. The van der Waals surface area contributed by atoms with Gasteiger partial charge in [-0.15, -0.1) is 0 Å². The second-order valence-electron chi connectivity index (χ2n) is 5.43. The summed E-state index contributed by atoms with van der Waals surface area (Å²) in [5.74, 6) is 0.811. The van der Waals surface area contributed by atoms with E-state index in [4.69, 9.17) is 4.74 Å². The molecule has 14 heavy (non-hydrogen) atoms. The van der Waals surface area contributed by atoms with Crippen molar-refractivity contribution < 1.29 is 4.74 Å². The molecule has 2 heterocycles. The van der Waals surface area contributed by atoms with Crippen molar-refractivity contribution in [2.24, 2.45) is 5.92 Å². The highest BCUT2D eigenvalue weighted by Gasteiger charge is 2.48. The van der Waals surface area contributed by atoms with E-state index in [0.29, 0.717) is 11.6 Å². The molecule has 0 radical (unpaired) electrons. The number of rotatable bonds is 3. The van der Waals surface area contributed by atoms with Crippen LogP contribution in [-0.4, -0.2) is 36.7 Å². The van der Waals surface area contributed by atoms with Crippen LogP contribution in [0.4, 0.5) is 0 Å². The highest BCUT2D eigenvalue weighted by Crippen LogP contribution is 2.43. The van der Waals surface area contributed by atoms with E-state index in [1.165, 1.54) is 38.8 Å². The van der Waals surface area contributed by atoms with Gasteiger partial charge in [0.05, 0.1) is 6.10 Å². The lowest BCUT2D eigenvalue weighted by Crippen LogP contribution is -2.39. The Morgan fingerprint density at radius 2 is 2.29 bits per heavy atom. The predicted octanol–water partition coefficient (Wildman–Crippen LogP) is 2.29. The fraction of sp³-hybridized carbons (Fsp3) is 1.00. The van der Waals surface area contributed by atoms with Gasteiger partial charge in [0.15, 0.2) is 0 Å². The van der Waals surface area contributed by atoms with E-state index >= 15 is 0 Å². The van der Waals surface area contributed by atoms with Crippen LogP contribution in [0.1, 0.15) is 39.5 Å². The summed E-state index contributed by atoms with van der Waals surface area (Å²) in [4.78, 5) is 2.68. The molecule has 0 aromatic carbocycles. The summed E-state index contributed by atoms with van der Waals surface area (Å²) < 4.78 is 5.51. The van der Waals surface area contributed by atoms with Gasteiger partial charge in [-0.1, -0.05) is 13.8 Å². The van der Waals surface area contributed by atoms with Crippen LogP contribution in [0.3, 0.4) is 0 Å². The Kier molecular flexibility index (Phi) is 2.85. The zero-order valence-corrected chi connectivity index (χ0v) is 9.75. The molecule has 0 unspecified atom stereocenters. The quantitative estimate of drug-likeness (QED) is 0.688. The van der Waals surface area contributed by atoms with E-state index in [-0.39, 0.29) is 0 Å². The molecule has 0 amide bonds. The molecule has 82 valence electrons. The van der Waals surface area contributed by atoms with E-state index in [0.717, 1.165) is 5.92 Å². The van der Waals surface area contributed by atoms with Crippen molar-refractivity contribution in [1.82, 2.24) is 4.90 Å². The maximum Gasteiger partial charge on any atom is 0.0716 e. The zero-order chi connectivity index (χ0) is 10.2. The number of methoxy groups -OCH3 is 1. The van der Waals surface area contributed by atoms with Gasteiger partial charge >= 0.3 is 0 Å². The van der Waals surface area contributed by atoms with Gasteiger partial charge in [-0.05, 0) is 38.1 Å². The number of ether oxygens (including phenoxy) is 1. The number of fused-ring (bicyclic) bond motifs is 1. The van der Waals surface area contributed by atoms with Crippen molar-refractivity contribution in [3.05, 3.63) is 0 Å². The van der Waals surface area contributed by atoms with Gasteiger partial charge in [0.2, 0.25) is 0 Å². The van der Waals surface area contributed by atoms with Crippen molar-refractivity contribution in [3.63, 3.8) is 0 Å². The van der Waals surface area contributed by atoms with Gasteiger partial charge in [-0.3, -0.25) is 4.90 Å². The molecule has 2 fully saturated rings. The molecule has 0 aliphatic carbocycles. The van der Waals surface area contributed by atoms with Crippen molar-refractivity contribution >= 4 is 0 Å². The SMILES string of the molecule is CO[C@H]1CN2CCC[C@@]2(CC(C)C)C1. The lowest BCUT2D eigenvalue weighted by Gasteiger charge is -2.33. The molecule has 0 spiro atoms. The van der Waals surface area contributed by atoms with Gasteiger partial charge in [-0.25, -0.2) is 0 Å². The Labute approximate surface area is 87.6 Å². The first kappa shape index (κ1) is 10.4. The molecule has 2 atom stereocenters. The summed E-state index contributed by atoms with van der Waals surface area (Å²) in [6, 6.07) is 0. The van der Waals surface area contributed by atoms with E-state index in [9.17, 15) is 0 Å². The average molecular weight is 197 g/mol. The van der Waals surface area contributed by atoms with Crippen LogP contribution in [0.15, 0.2) is 0 Å². The Morgan fingerprint density at radius 3 is 2.93 bits per heavy atom. The second-order valence-corrected chi connectivity index (χ2v) is 5.43. The van der Waals surface area contributed by atoms with Crippen LogP contribution in [0, 0.1) is 5.92 Å².